The zero-order chi connectivity index (χ0) is 13.9. The van der Waals surface area contributed by atoms with Gasteiger partial charge in [-0.2, -0.15) is 0 Å². The zero-order valence-corrected chi connectivity index (χ0v) is 12.8. The lowest BCUT2D eigenvalue weighted by molar-refractivity contribution is -0.140. The Morgan fingerprint density at radius 1 is 1.11 bits per heavy atom. The fourth-order valence-electron chi connectivity index (χ4n) is 3.40. The second-order valence-corrected chi connectivity index (χ2v) is 7.61. The quantitative estimate of drug-likeness (QED) is 0.647. The summed E-state index contributed by atoms with van der Waals surface area (Å²) in [7, 11) is 0. The van der Waals surface area contributed by atoms with Crippen molar-refractivity contribution in [2.75, 3.05) is 0 Å². The summed E-state index contributed by atoms with van der Waals surface area (Å²) in [5.41, 5.74) is 0.505. The van der Waals surface area contributed by atoms with Crippen molar-refractivity contribution in [1.82, 2.24) is 0 Å². The van der Waals surface area contributed by atoms with Crippen LogP contribution in [0, 0.1) is 16.7 Å². The summed E-state index contributed by atoms with van der Waals surface area (Å²) in [4.78, 5) is 12.7. The highest BCUT2D eigenvalue weighted by Gasteiger charge is 2.55. The SMILES string of the molecule is CC1=C2C(=O)C(C)(C)CCC2C(C)(C)C(C)(C)O1. The van der Waals surface area contributed by atoms with E-state index in [1.165, 1.54) is 0 Å². The van der Waals surface area contributed by atoms with E-state index >= 15 is 0 Å². The third-order valence-electron chi connectivity index (χ3n) is 5.48. The van der Waals surface area contributed by atoms with Gasteiger partial charge in [-0.05, 0) is 39.5 Å². The van der Waals surface area contributed by atoms with Crippen molar-refractivity contribution in [3.63, 3.8) is 0 Å². The number of fused-ring (bicyclic) bond motifs is 1. The van der Waals surface area contributed by atoms with Crippen molar-refractivity contribution in [3.05, 3.63) is 11.3 Å². The maximum absolute atomic E-state index is 12.7. The summed E-state index contributed by atoms with van der Waals surface area (Å²) in [6.45, 7) is 14.8. The van der Waals surface area contributed by atoms with Crippen LogP contribution in [0.4, 0.5) is 0 Å². The molecule has 0 bridgehead atoms. The minimum absolute atomic E-state index is 0.00595. The number of ether oxygens (including phenoxy) is 1. The van der Waals surface area contributed by atoms with E-state index in [9.17, 15) is 4.79 Å². The van der Waals surface area contributed by atoms with Gasteiger partial charge < -0.3 is 4.74 Å². The Bertz CT molecular complexity index is 424. The molecule has 2 nitrogen and oxygen atoms in total. The second kappa shape index (κ2) is 3.61. The van der Waals surface area contributed by atoms with Crippen LogP contribution in [0.25, 0.3) is 0 Å². The molecule has 2 heteroatoms. The van der Waals surface area contributed by atoms with Crippen LogP contribution < -0.4 is 0 Å². The molecule has 1 fully saturated rings. The van der Waals surface area contributed by atoms with E-state index in [-0.39, 0.29) is 16.4 Å². The fourth-order valence-corrected chi connectivity index (χ4v) is 3.40. The summed E-state index contributed by atoms with van der Waals surface area (Å²) in [5.74, 6) is 1.48. The Morgan fingerprint density at radius 2 is 1.67 bits per heavy atom. The van der Waals surface area contributed by atoms with Crippen LogP contribution >= 0.6 is 0 Å². The van der Waals surface area contributed by atoms with E-state index in [0.29, 0.717) is 11.7 Å². The van der Waals surface area contributed by atoms with E-state index in [1.54, 1.807) is 0 Å². The lowest BCUT2D eigenvalue weighted by Crippen LogP contribution is -2.54. The van der Waals surface area contributed by atoms with Gasteiger partial charge in [0.1, 0.15) is 11.4 Å². The highest BCUT2D eigenvalue weighted by molar-refractivity contribution is 6.01. The molecule has 2 rings (SSSR count). The highest BCUT2D eigenvalue weighted by Crippen LogP contribution is 2.55. The van der Waals surface area contributed by atoms with Crippen molar-refractivity contribution in [2.45, 2.75) is 66.9 Å². The smallest absolute Gasteiger partial charge is 0.168 e. The van der Waals surface area contributed by atoms with Gasteiger partial charge >= 0.3 is 0 Å². The average molecular weight is 250 g/mol. The minimum atomic E-state index is -0.228. The molecule has 0 aromatic heterocycles. The van der Waals surface area contributed by atoms with Gasteiger partial charge in [0.25, 0.3) is 0 Å². The van der Waals surface area contributed by atoms with Crippen LogP contribution in [0.15, 0.2) is 11.3 Å². The largest absolute Gasteiger partial charge is 0.491 e. The Balaban J connectivity index is 2.55. The lowest BCUT2D eigenvalue weighted by atomic mass is 9.56. The molecule has 0 aromatic rings. The Morgan fingerprint density at radius 3 is 2.22 bits per heavy atom. The molecule has 1 aliphatic heterocycles. The summed E-state index contributed by atoms with van der Waals surface area (Å²) in [6, 6.07) is 0. The van der Waals surface area contributed by atoms with Gasteiger partial charge in [-0.25, -0.2) is 0 Å². The van der Waals surface area contributed by atoms with Gasteiger partial charge in [0, 0.05) is 16.4 Å². The summed E-state index contributed by atoms with van der Waals surface area (Å²) in [6.07, 6.45) is 2.07. The third kappa shape index (κ3) is 1.64. The maximum atomic E-state index is 12.7. The number of Topliss-reactive ketones (excluding diaryl/α,β-unsaturated/α-hetero) is 1. The van der Waals surface area contributed by atoms with Gasteiger partial charge in [-0.3, -0.25) is 4.79 Å². The van der Waals surface area contributed by atoms with Gasteiger partial charge in [-0.1, -0.05) is 27.7 Å². The van der Waals surface area contributed by atoms with Crippen molar-refractivity contribution in [3.8, 4) is 0 Å². The van der Waals surface area contributed by atoms with Crippen LogP contribution in [0.1, 0.15) is 61.3 Å². The maximum Gasteiger partial charge on any atom is 0.168 e. The summed E-state index contributed by atoms with van der Waals surface area (Å²) in [5, 5.41) is 0. The normalized spacial score (nSPS) is 32.8. The fraction of sp³-hybridized carbons (Fsp3) is 0.812. The number of hydrogen-bond donors (Lipinski definition) is 0. The first-order valence-corrected chi connectivity index (χ1v) is 6.95. The van der Waals surface area contributed by atoms with Crippen molar-refractivity contribution in [2.24, 2.45) is 16.7 Å². The van der Waals surface area contributed by atoms with Gasteiger partial charge in [0.05, 0.1) is 0 Å². The standard InChI is InChI=1S/C16H26O2/c1-10-12-11(8-9-14(2,3)13(12)17)15(4,5)16(6,7)18-10/h11H,8-9H2,1-7H3. The van der Waals surface area contributed by atoms with Crippen LogP contribution in [0.3, 0.4) is 0 Å². The van der Waals surface area contributed by atoms with E-state index in [0.717, 1.165) is 24.2 Å². The lowest BCUT2D eigenvalue weighted by Gasteiger charge is -2.54. The summed E-state index contributed by atoms with van der Waals surface area (Å²) >= 11 is 0. The monoisotopic (exact) mass is 250 g/mol. The van der Waals surface area contributed by atoms with Crippen LogP contribution in [-0.2, 0) is 9.53 Å². The van der Waals surface area contributed by atoms with Crippen LogP contribution in [0.2, 0.25) is 0 Å². The van der Waals surface area contributed by atoms with E-state index in [1.807, 2.05) is 6.92 Å². The molecule has 1 heterocycles. The number of ketones is 1. The predicted octanol–water partition coefficient (Wildman–Crippen LogP) is 4.10. The summed E-state index contributed by atoms with van der Waals surface area (Å²) < 4.78 is 6.08. The molecule has 0 N–H and O–H groups in total. The topological polar surface area (TPSA) is 26.3 Å². The van der Waals surface area contributed by atoms with Crippen molar-refractivity contribution in [1.29, 1.82) is 0 Å². The highest BCUT2D eigenvalue weighted by atomic mass is 16.5. The first-order chi connectivity index (χ1) is 8.01. The van der Waals surface area contributed by atoms with E-state index in [2.05, 4.69) is 41.5 Å². The molecule has 1 aliphatic carbocycles. The molecule has 0 aromatic carbocycles. The van der Waals surface area contributed by atoms with E-state index < -0.39 is 0 Å². The average Bonchev–Trinajstić information content (AvgIpc) is 2.18. The van der Waals surface area contributed by atoms with E-state index in [4.69, 9.17) is 4.74 Å². The van der Waals surface area contributed by atoms with Gasteiger partial charge in [0.2, 0.25) is 0 Å². The molecular formula is C16H26O2. The second-order valence-electron chi connectivity index (χ2n) is 7.61. The van der Waals surface area contributed by atoms with Gasteiger partial charge in [-0.15, -0.1) is 0 Å². The molecule has 18 heavy (non-hydrogen) atoms. The first kappa shape index (κ1) is 13.6. The number of allylic oxidation sites excluding steroid dienone is 2. The predicted molar refractivity (Wildman–Crippen MR) is 73.2 cm³/mol. The number of rotatable bonds is 0. The molecule has 1 atom stereocenters. The zero-order valence-electron chi connectivity index (χ0n) is 12.8. The number of hydrogen-bond acceptors (Lipinski definition) is 2. The molecule has 0 amide bonds. The molecular weight excluding hydrogens is 224 g/mol. The molecule has 0 saturated heterocycles. The molecule has 2 aliphatic rings. The molecule has 1 unspecified atom stereocenters. The van der Waals surface area contributed by atoms with Crippen molar-refractivity contribution >= 4 is 5.78 Å². The Kier molecular flexibility index (Phi) is 2.74. The first-order valence-electron chi connectivity index (χ1n) is 6.95. The Labute approximate surface area is 111 Å². The van der Waals surface area contributed by atoms with Crippen LogP contribution in [-0.4, -0.2) is 11.4 Å². The molecule has 0 spiro atoms. The third-order valence-corrected chi connectivity index (χ3v) is 5.48. The van der Waals surface area contributed by atoms with Gasteiger partial charge in [0.15, 0.2) is 5.78 Å². The van der Waals surface area contributed by atoms with Crippen molar-refractivity contribution < 1.29 is 9.53 Å². The minimum Gasteiger partial charge on any atom is -0.491 e. The molecule has 102 valence electrons. The number of carbonyl (C=O) groups is 1. The number of carbonyl (C=O) groups excluding carboxylic acids is 1. The molecule has 1 saturated carbocycles. The Hall–Kier alpha value is -0.790. The molecule has 0 radical (unpaired) electrons. The van der Waals surface area contributed by atoms with Crippen LogP contribution in [0.5, 0.6) is 0 Å².